The number of aryl methyl sites for hydroxylation is 1. The van der Waals surface area contributed by atoms with Gasteiger partial charge in [-0.1, -0.05) is 0 Å². The highest BCUT2D eigenvalue weighted by Crippen LogP contribution is 2.39. The molecule has 10 heteroatoms. The number of amides is 1. The van der Waals surface area contributed by atoms with E-state index in [0.29, 0.717) is 31.4 Å². The zero-order chi connectivity index (χ0) is 21.3. The quantitative estimate of drug-likeness (QED) is 0.737. The van der Waals surface area contributed by atoms with Crippen molar-refractivity contribution in [2.45, 2.75) is 69.6 Å². The zero-order valence-electron chi connectivity index (χ0n) is 17.5. The van der Waals surface area contributed by atoms with Gasteiger partial charge in [0.15, 0.2) is 6.61 Å². The van der Waals surface area contributed by atoms with Gasteiger partial charge in [0.2, 0.25) is 15.9 Å². The number of nitrogens with one attached hydrogen (secondary N) is 1. The minimum absolute atomic E-state index is 0.106. The Morgan fingerprint density at radius 3 is 2.67 bits per heavy atom. The number of nitrogens with zero attached hydrogens (tertiary/aromatic N) is 3. The summed E-state index contributed by atoms with van der Waals surface area (Å²) in [7, 11) is -3.40. The first-order chi connectivity index (χ1) is 14.3. The highest BCUT2D eigenvalue weighted by molar-refractivity contribution is 7.88. The molecule has 1 saturated heterocycles. The predicted molar refractivity (Wildman–Crippen MR) is 110 cm³/mol. The summed E-state index contributed by atoms with van der Waals surface area (Å²) in [5.74, 6) is 0.593. The fraction of sp³-hybridized carbons (Fsp3) is 0.750. The molecular formula is C20H30N4O5S. The van der Waals surface area contributed by atoms with Crippen LogP contribution in [0.1, 0.15) is 55.7 Å². The van der Waals surface area contributed by atoms with E-state index >= 15 is 0 Å². The van der Waals surface area contributed by atoms with Gasteiger partial charge in [0.1, 0.15) is 6.33 Å². The van der Waals surface area contributed by atoms with E-state index in [1.54, 1.807) is 4.90 Å². The zero-order valence-corrected chi connectivity index (χ0v) is 18.4. The minimum Gasteiger partial charge on any atom is -0.467 e. The summed E-state index contributed by atoms with van der Waals surface area (Å²) >= 11 is 0. The highest BCUT2D eigenvalue weighted by Gasteiger charge is 2.38. The molecule has 166 valence electrons. The smallest absolute Gasteiger partial charge is 0.260 e. The Hall–Kier alpha value is -1.78. The maximum absolute atomic E-state index is 13.1. The number of aromatic nitrogens is 2. The van der Waals surface area contributed by atoms with Gasteiger partial charge in [0.25, 0.3) is 5.91 Å². The van der Waals surface area contributed by atoms with Crippen LogP contribution in [0.5, 0.6) is 5.88 Å². The third-order valence-electron chi connectivity index (χ3n) is 6.43. The Labute approximate surface area is 177 Å². The molecule has 1 amide bonds. The molecule has 0 aromatic carbocycles. The largest absolute Gasteiger partial charge is 0.467 e. The summed E-state index contributed by atoms with van der Waals surface area (Å²) in [5.41, 5.74) is 1.88. The molecule has 2 atom stereocenters. The Morgan fingerprint density at radius 2 is 1.93 bits per heavy atom. The topological polar surface area (TPSA) is 111 Å². The summed E-state index contributed by atoms with van der Waals surface area (Å²) in [6.07, 6.45) is 7.83. The molecule has 1 aromatic rings. The van der Waals surface area contributed by atoms with Crippen molar-refractivity contribution in [2.75, 3.05) is 26.0 Å². The third-order valence-corrected chi connectivity index (χ3v) is 7.16. The third kappa shape index (κ3) is 4.76. The molecule has 4 heterocycles. The first-order valence-corrected chi connectivity index (χ1v) is 12.5. The van der Waals surface area contributed by atoms with E-state index in [1.807, 2.05) is 6.92 Å². The van der Waals surface area contributed by atoms with Gasteiger partial charge in [-0.05, 0) is 51.4 Å². The Balaban J connectivity index is 1.63. The number of hydrogen-bond donors (Lipinski definition) is 1. The van der Waals surface area contributed by atoms with Gasteiger partial charge in [-0.15, -0.1) is 0 Å². The molecule has 1 N–H and O–H groups in total. The Morgan fingerprint density at radius 1 is 1.17 bits per heavy atom. The number of sulfonamides is 1. The molecule has 1 aliphatic carbocycles. The van der Waals surface area contributed by atoms with E-state index in [-0.39, 0.29) is 30.7 Å². The summed E-state index contributed by atoms with van der Waals surface area (Å²) in [6.45, 7) is 2.69. The van der Waals surface area contributed by atoms with E-state index in [0.717, 1.165) is 49.6 Å². The second-order valence-electron chi connectivity index (χ2n) is 8.57. The van der Waals surface area contributed by atoms with Crippen LogP contribution in [0.2, 0.25) is 0 Å². The van der Waals surface area contributed by atoms with Crippen molar-refractivity contribution in [1.82, 2.24) is 19.6 Å². The van der Waals surface area contributed by atoms with E-state index in [9.17, 15) is 13.2 Å². The first-order valence-electron chi connectivity index (χ1n) is 10.6. The monoisotopic (exact) mass is 438 g/mol. The maximum Gasteiger partial charge on any atom is 0.260 e. The highest BCUT2D eigenvalue weighted by atomic mass is 32.2. The molecule has 0 radical (unpaired) electrons. The van der Waals surface area contributed by atoms with Crippen molar-refractivity contribution >= 4 is 15.9 Å². The van der Waals surface area contributed by atoms with Crippen LogP contribution in [0.3, 0.4) is 0 Å². The van der Waals surface area contributed by atoms with Crippen LogP contribution >= 0.6 is 0 Å². The molecule has 1 aromatic heterocycles. The molecule has 0 spiro atoms. The van der Waals surface area contributed by atoms with Crippen molar-refractivity contribution < 1.29 is 22.7 Å². The Bertz CT molecular complexity index is 885. The first kappa shape index (κ1) is 21.5. The number of ether oxygens (including phenoxy) is 2. The molecule has 1 saturated carbocycles. The SMILES string of the molecule is Cc1ncnc2c1[C@H]1CC[C@H](CC1)OC[C@H]1[C@@H](NS(C)(=O)=O)CCCN1C(=O)CO2. The molecule has 3 aliphatic heterocycles. The van der Waals surface area contributed by atoms with Gasteiger partial charge in [-0.25, -0.2) is 23.1 Å². The normalized spacial score (nSPS) is 30.3. The number of carbonyl (C=O) groups is 1. The summed E-state index contributed by atoms with van der Waals surface area (Å²) < 4.78 is 38.6. The van der Waals surface area contributed by atoms with E-state index < -0.39 is 10.0 Å². The molecule has 9 nitrogen and oxygen atoms in total. The lowest BCUT2D eigenvalue weighted by molar-refractivity contribution is -0.140. The summed E-state index contributed by atoms with van der Waals surface area (Å²) in [5, 5.41) is 0. The molecular weight excluding hydrogens is 408 g/mol. The average molecular weight is 439 g/mol. The van der Waals surface area contributed by atoms with Gasteiger partial charge >= 0.3 is 0 Å². The van der Waals surface area contributed by atoms with Crippen LogP contribution in [0.4, 0.5) is 0 Å². The lowest BCUT2D eigenvalue weighted by atomic mass is 9.82. The van der Waals surface area contributed by atoms with Crippen molar-refractivity contribution in [3.63, 3.8) is 0 Å². The van der Waals surface area contributed by atoms with E-state index in [4.69, 9.17) is 9.47 Å². The maximum atomic E-state index is 13.1. The second kappa shape index (κ2) is 8.76. The summed E-state index contributed by atoms with van der Waals surface area (Å²) in [6, 6.07) is -0.717. The van der Waals surface area contributed by atoms with Gasteiger partial charge in [0, 0.05) is 23.8 Å². The molecule has 0 unspecified atom stereocenters. The van der Waals surface area contributed by atoms with Crippen molar-refractivity contribution in [1.29, 1.82) is 0 Å². The van der Waals surface area contributed by atoms with Gasteiger partial charge in [0.05, 0.1) is 25.0 Å². The van der Waals surface area contributed by atoms with Crippen molar-refractivity contribution in [2.24, 2.45) is 0 Å². The van der Waals surface area contributed by atoms with Gasteiger partial charge < -0.3 is 14.4 Å². The lowest BCUT2D eigenvalue weighted by Gasteiger charge is -2.41. The predicted octanol–water partition coefficient (Wildman–Crippen LogP) is 1.13. The van der Waals surface area contributed by atoms with Gasteiger partial charge in [-0.3, -0.25) is 4.79 Å². The van der Waals surface area contributed by atoms with Crippen LogP contribution in [0.15, 0.2) is 6.33 Å². The standard InChI is InChI=1S/C20H30N4O5S/c1-13-19-14-5-7-15(8-6-14)28-10-17-16(23-30(2,26)27)4-3-9-24(17)18(25)11-29-20(19)22-12-21-13/h12,14-17,23H,3-11H2,1-2H3/t14-,15+,16-,17-/m0/s1. The molecule has 2 bridgehead atoms. The van der Waals surface area contributed by atoms with Crippen LogP contribution < -0.4 is 9.46 Å². The number of fused-ring (bicyclic) bond motifs is 5. The van der Waals surface area contributed by atoms with E-state index in [2.05, 4.69) is 14.7 Å². The number of carbonyl (C=O) groups excluding carboxylic acids is 1. The molecule has 5 rings (SSSR count). The van der Waals surface area contributed by atoms with Crippen LogP contribution in [0.25, 0.3) is 0 Å². The van der Waals surface area contributed by atoms with Crippen LogP contribution in [0, 0.1) is 6.92 Å². The van der Waals surface area contributed by atoms with E-state index in [1.165, 1.54) is 6.33 Å². The number of hydrogen-bond acceptors (Lipinski definition) is 7. The summed E-state index contributed by atoms with van der Waals surface area (Å²) in [4.78, 5) is 23.4. The lowest BCUT2D eigenvalue weighted by Crippen LogP contribution is -2.59. The van der Waals surface area contributed by atoms with Crippen molar-refractivity contribution in [3.05, 3.63) is 17.6 Å². The average Bonchev–Trinajstić information content (AvgIpc) is 2.71. The Kier molecular flexibility index (Phi) is 6.26. The second-order valence-corrected chi connectivity index (χ2v) is 10.3. The minimum atomic E-state index is -3.40. The van der Waals surface area contributed by atoms with Crippen LogP contribution in [-0.4, -0.2) is 73.4 Å². The molecule has 2 fully saturated rings. The number of rotatable bonds is 2. The van der Waals surface area contributed by atoms with Crippen molar-refractivity contribution in [3.8, 4) is 5.88 Å². The van der Waals surface area contributed by atoms with Gasteiger partial charge in [-0.2, -0.15) is 0 Å². The number of piperidine rings is 1. The fourth-order valence-corrected chi connectivity index (χ4v) is 5.82. The fourth-order valence-electron chi connectivity index (χ4n) is 5.00. The molecule has 30 heavy (non-hydrogen) atoms. The van der Waals surface area contributed by atoms with Crippen LogP contribution in [-0.2, 0) is 19.6 Å². The molecule has 4 aliphatic rings.